The van der Waals surface area contributed by atoms with Crippen LogP contribution in [0.15, 0.2) is 42.5 Å². The zero-order valence-electron chi connectivity index (χ0n) is 29.1. The smallest absolute Gasteiger partial charge is 0.337 e. The number of hydrogen-bond donors (Lipinski definition) is 1. The fourth-order valence-electron chi connectivity index (χ4n) is 6.74. The number of carboxylic acids is 1. The summed E-state index contributed by atoms with van der Waals surface area (Å²) in [5.41, 5.74) is 4.12. The second-order valence-corrected chi connectivity index (χ2v) is 14.6. The Bertz CT molecular complexity index is 1820. The van der Waals surface area contributed by atoms with Crippen LogP contribution in [0.3, 0.4) is 0 Å². The van der Waals surface area contributed by atoms with Gasteiger partial charge in [-0.1, -0.05) is 18.2 Å². The lowest BCUT2D eigenvalue weighted by Crippen LogP contribution is -2.46. The van der Waals surface area contributed by atoms with Crippen molar-refractivity contribution in [1.29, 1.82) is 0 Å². The molecular weight excluding hydrogens is 611 g/mol. The van der Waals surface area contributed by atoms with Crippen molar-refractivity contribution >= 4 is 17.4 Å². The predicted molar refractivity (Wildman–Crippen MR) is 184 cm³/mol. The molecule has 0 spiro atoms. The van der Waals surface area contributed by atoms with Gasteiger partial charge in [0.15, 0.2) is 11.8 Å². The zero-order valence-corrected chi connectivity index (χ0v) is 29.1. The summed E-state index contributed by atoms with van der Waals surface area (Å²) >= 11 is 0. The molecule has 256 valence electrons. The van der Waals surface area contributed by atoms with Gasteiger partial charge in [0.2, 0.25) is 0 Å². The largest absolute Gasteiger partial charge is 0.490 e. The fraction of sp³-hybridized carbons (Fsp3) is 0.500. The Kier molecular flexibility index (Phi) is 9.26. The Morgan fingerprint density at radius 2 is 1.83 bits per heavy atom. The molecule has 9 nitrogen and oxygen atoms in total. The molecule has 1 saturated heterocycles. The Hall–Kier alpha value is -4.02. The SMILES string of the molecule is Cc1cc2c(cc1F)-c1cccc(c1)-c1cc3nc(C)c([C@H](OC(C)(C)C)C(=O)O)c(n3n1)N1CCC(C)(CC1)OCCCC[C@H](C)O2. The molecule has 0 aliphatic carbocycles. The normalized spacial score (nSPS) is 21.2. The van der Waals surface area contributed by atoms with Crippen molar-refractivity contribution in [1.82, 2.24) is 14.6 Å². The Balaban J connectivity index is 1.54. The van der Waals surface area contributed by atoms with Gasteiger partial charge in [-0.15, -0.1) is 0 Å². The highest BCUT2D eigenvalue weighted by Crippen LogP contribution is 2.40. The van der Waals surface area contributed by atoms with Gasteiger partial charge in [-0.25, -0.2) is 14.2 Å². The molecule has 0 saturated carbocycles. The average Bonchev–Trinajstić information content (AvgIpc) is 3.44. The molecule has 6 bridgehead atoms. The van der Waals surface area contributed by atoms with E-state index in [0.29, 0.717) is 65.0 Å². The summed E-state index contributed by atoms with van der Waals surface area (Å²) in [5.74, 6) is -0.0765. The van der Waals surface area contributed by atoms with Crippen molar-refractivity contribution in [3.8, 4) is 28.1 Å². The van der Waals surface area contributed by atoms with Gasteiger partial charge in [0.1, 0.15) is 17.4 Å². The third-order valence-electron chi connectivity index (χ3n) is 9.40. The standard InChI is InChI=1S/C38H47FN4O5/c1-23-19-31-28(21-29(23)39)26-12-10-13-27(20-26)30-22-32-40-25(3)33(34(36(44)45)48-37(4,5)6)35(43(32)41-30)42-16-14-38(7,15-17-42)46-18-9-8-11-24(2)47-31/h10,12-13,19-22,24,34H,8-9,11,14-18H2,1-7H3,(H,44,45)/t24-,34-/m0/s1. The molecule has 1 N–H and O–H groups in total. The van der Waals surface area contributed by atoms with Crippen molar-refractivity contribution in [2.45, 2.75) is 104 Å². The van der Waals surface area contributed by atoms with E-state index >= 15 is 4.39 Å². The van der Waals surface area contributed by atoms with E-state index in [1.54, 1.807) is 23.6 Å². The molecule has 2 aromatic carbocycles. The lowest BCUT2D eigenvalue weighted by molar-refractivity contribution is -0.160. The van der Waals surface area contributed by atoms with E-state index in [1.807, 2.05) is 58.0 Å². The fourth-order valence-corrected chi connectivity index (χ4v) is 6.74. The molecule has 1 fully saturated rings. The molecular formula is C38H47FN4O5. The number of rotatable bonds is 3. The van der Waals surface area contributed by atoms with E-state index in [-0.39, 0.29) is 17.5 Å². The Labute approximate surface area is 282 Å². The molecule has 0 amide bonds. The zero-order chi connectivity index (χ0) is 34.4. The van der Waals surface area contributed by atoms with Gasteiger partial charge in [-0.2, -0.15) is 9.61 Å². The van der Waals surface area contributed by atoms with Crippen molar-refractivity contribution in [2.24, 2.45) is 0 Å². The van der Waals surface area contributed by atoms with Crippen LogP contribution in [0.2, 0.25) is 0 Å². The maximum Gasteiger partial charge on any atom is 0.337 e. The number of aliphatic carboxylic acids is 1. The third-order valence-corrected chi connectivity index (χ3v) is 9.40. The molecule has 5 heterocycles. The first-order valence-electron chi connectivity index (χ1n) is 17.0. The van der Waals surface area contributed by atoms with Crippen LogP contribution < -0.4 is 9.64 Å². The minimum absolute atomic E-state index is 0.0570. The van der Waals surface area contributed by atoms with Crippen LogP contribution in [0.25, 0.3) is 28.0 Å². The van der Waals surface area contributed by atoms with Crippen LogP contribution in [0.4, 0.5) is 10.2 Å². The number of ether oxygens (including phenoxy) is 3. The van der Waals surface area contributed by atoms with Crippen LogP contribution in [0, 0.1) is 19.7 Å². The van der Waals surface area contributed by atoms with Crippen LogP contribution in [-0.4, -0.2) is 62.7 Å². The Morgan fingerprint density at radius 1 is 1.10 bits per heavy atom. The first-order valence-corrected chi connectivity index (χ1v) is 17.0. The number of piperidine rings is 1. The molecule has 3 aliphatic heterocycles. The number of carbonyl (C=O) groups is 1. The van der Waals surface area contributed by atoms with Crippen molar-refractivity contribution in [3.05, 3.63) is 65.1 Å². The second-order valence-electron chi connectivity index (χ2n) is 14.6. The molecule has 3 aliphatic rings. The van der Waals surface area contributed by atoms with Crippen molar-refractivity contribution in [2.75, 3.05) is 24.6 Å². The highest BCUT2D eigenvalue weighted by Gasteiger charge is 2.38. The number of fused-ring (bicyclic) bond motifs is 8. The van der Waals surface area contributed by atoms with Gasteiger partial charge in [-0.3, -0.25) is 0 Å². The van der Waals surface area contributed by atoms with E-state index in [2.05, 4.69) is 18.7 Å². The topological polar surface area (TPSA) is 98.4 Å². The third kappa shape index (κ3) is 7.05. The molecule has 48 heavy (non-hydrogen) atoms. The van der Waals surface area contributed by atoms with E-state index in [1.165, 1.54) is 0 Å². The van der Waals surface area contributed by atoms with Gasteiger partial charge < -0.3 is 24.2 Å². The second kappa shape index (κ2) is 13.1. The number of benzene rings is 2. The highest BCUT2D eigenvalue weighted by atomic mass is 19.1. The molecule has 7 rings (SSSR count). The minimum Gasteiger partial charge on any atom is -0.490 e. The van der Waals surface area contributed by atoms with Gasteiger partial charge in [0.25, 0.3) is 0 Å². The van der Waals surface area contributed by atoms with E-state index < -0.39 is 17.7 Å². The average molecular weight is 659 g/mol. The summed E-state index contributed by atoms with van der Waals surface area (Å²) in [6, 6.07) is 13.1. The first kappa shape index (κ1) is 33.9. The maximum absolute atomic E-state index is 15.0. The summed E-state index contributed by atoms with van der Waals surface area (Å²) in [5, 5.41) is 15.5. The summed E-state index contributed by atoms with van der Waals surface area (Å²) in [6.45, 7) is 15.3. The number of halogens is 1. The quantitative estimate of drug-likeness (QED) is 0.236. The summed E-state index contributed by atoms with van der Waals surface area (Å²) in [4.78, 5) is 19.9. The number of anilines is 1. The van der Waals surface area contributed by atoms with Crippen LogP contribution in [-0.2, 0) is 14.3 Å². The van der Waals surface area contributed by atoms with Gasteiger partial charge in [0, 0.05) is 42.6 Å². The van der Waals surface area contributed by atoms with Crippen LogP contribution in [0.5, 0.6) is 5.75 Å². The summed E-state index contributed by atoms with van der Waals surface area (Å²) < 4.78 is 35.9. The first-order chi connectivity index (χ1) is 22.7. The number of aryl methyl sites for hydroxylation is 2. The van der Waals surface area contributed by atoms with Gasteiger partial charge in [-0.05, 0) is 110 Å². The maximum atomic E-state index is 15.0. The molecule has 2 atom stereocenters. The minimum atomic E-state index is -1.25. The molecule has 10 heteroatoms. The van der Waals surface area contributed by atoms with E-state index in [0.717, 1.165) is 43.2 Å². The monoisotopic (exact) mass is 658 g/mol. The number of aromatic nitrogens is 3. The van der Waals surface area contributed by atoms with Crippen LogP contribution in [0.1, 0.15) is 89.6 Å². The number of carboxylic acid groups (broad SMARTS) is 1. The predicted octanol–water partition coefficient (Wildman–Crippen LogP) is 8.09. The molecule has 4 aromatic rings. The van der Waals surface area contributed by atoms with E-state index in [9.17, 15) is 9.90 Å². The van der Waals surface area contributed by atoms with Crippen molar-refractivity contribution in [3.63, 3.8) is 0 Å². The van der Waals surface area contributed by atoms with Crippen molar-refractivity contribution < 1.29 is 28.5 Å². The molecule has 2 aromatic heterocycles. The summed E-state index contributed by atoms with van der Waals surface area (Å²) in [7, 11) is 0. The number of nitrogens with zero attached hydrogens (tertiary/aromatic N) is 4. The molecule has 0 unspecified atom stereocenters. The van der Waals surface area contributed by atoms with Crippen LogP contribution >= 0.6 is 0 Å². The summed E-state index contributed by atoms with van der Waals surface area (Å²) in [6.07, 6.45) is 2.93. The lowest BCUT2D eigenvalue weighted by atomic mass is 9.92. The van der Waals surface area contributed by atoms with Gasteiger partial charge >= 0.3 is 5.97 Å². The van der Waals surface area contributed by atoms with Gasteiger partial charge in [0.05, 0.1) is 28.6 Å². The lowest BCUT2D eigenvalue weighted by Gasteiger charge is -2.41. The highest BCUT2D eigenvalue weighted by molar-refractivity contribution is 5.80. The van der Waals surface area contributed by atoms with E-state index in [4.69, 9.17) is 24.3 Å². The molecule has 0 radical (unpaired) electrons. The Morgan fingerprint density at radius 3 is 2.54 bits per heavy atom. The number of hydrogen-bond acceptors (Lipinski definition) is 7.